The van der Waals surface area contributed by atoms with Crippen LogP contribution in [0.4, 0.5) is 0 Å². The van der Waals surface area contributed by atoms with Crippen LogP contribution >= 0.6 is 0 Å². The summed E-state index contributed by atoms with van der Waals surface area (Å²) in [4.78, 5) is 0. The van der Waals surface area contributed by atoms with Gasteiger partial charge in [0.25, 0.3) is 0 Å². The van der Waals surface area contributed by atoms with E-state index in [1.165, 1.54) is 18.4 Å². The first-order valence-corrected chi connectivity index (χ1v) is 6.26. The van der Waals surface area contributed by atoms with Gasteiger partial charge in [-0.3, -0.25) is 0 Å². The molecule has 0 N–H and O–H groups in total. The lowest BCUT2D eigenvalue weighted by Gasteiger charge is -2.19. The van der Waals surface area contributed by atoms with E-state index in [1.54, 1.807) is 5.56 Å². The number of hydrogen-bond donors (Lipinski definition) is 0. The number of hydrogen-bond acceptors (Lipinski definition) is 0. The number of benzene rings is 1. The SMILES string of the molecule is CCc1ccccc1C(C)CC(C)CC. The van der Waals surface area contributed by atoms with Gasteiger partial charge >= 0.3 is 0 Å². The van der Waals surface area contributed by atoms with Crippen molar-refractivity contribution < 1.29 is 0 Å². The first-order chi connectivity index (χ1) is 7.19. The van der Waals surface area contributed by atoms with Crippen molar-refractivity contribution in [1.29, 1.82) is 0 Å². The standard InChI is InChI=1S/C15H24/c1-5-12(3)11-13(4)15-10-8-7-9-14(15)6-2/h7-10,12-13H,5-6,11H2,1-4H3. The van der Waals surface area contributed by atoms with Gasteiger partial charge in [-0.25, -0.2) is 0 Å². The van der Waals surface area contributed by atoms with Crippen LogP contribution in [0.5, 0.6) is 0 Å². The second kappa shape index (κ2) is 5.95. The minimum absolute atomic E-state index is 0.705. The fourth-order valence-corrected chi connectivity index (χ4v) is 2.23. The molecule has 84 valence electrons. The Morgan fingerprint density at radius 1 is 1.07 bits per heavy atom. The minimum atomic E-state index is 0.705. The van der Waals surface area contributed by atoms with Gasteiger partial charge in [-0.1, -0.05) is 58.4 Å². The molecule has 0 heteroatoms. The fourth-order valence-electron chi connectivity index (χ4n) is 2.23. The Balaban J connectivity index is 2.76. The summed E-state index contributed by atoms with van der Waals surface area (Å²) in [6.45, 7) is 9.24. The maximum atomic E-state index is 2.36. The Bertz CT molecular complexity index is 288. The Morgan fingerprint density at radius 3 is 2.33 bits per heavy atom. The molecule has 2 atom stereocenters. The molecule has 1 rings (SSSR count). The van der Waals surface area contributed by atoms with Crippen LogP contribution < -0.4 is 0 Å². The number of rotatable bonds is 5. The van der Waals surface area contributed by atoms with Gasteiger partial charge in [-0.05, 0) is 35.8 Å². The Hall–Kier alpha value is -0.780. The van der Waals surface area contributed by atoms with Crippen molar-refractivity contribution >= 4 is 0 Å². The van der Waals surface area contributed by atoms with E-state index in [1.807, 2.05) is 0 Å². The van der Waals surface area contributed by atoms with E-state index in [4.69, 9.17) is 0 Å². The predicted octanol–water partition coefficient (Wildman–Crippen LogP) is 4.79. The lowest BCUT2D eigenvalue weighted by atomic mass is 9.87. The molecule has 0 fully saturated rings. The van der Waals surface area contributed by atoms with E-state index >= 15 is 0 Å². The van der Waals surface area contributed by atoms with Crippen molar-refractivity contribution in [2.24, 2.45) is 5.92 Å². The second-order valence-electron chi connectivity index (χ2n) is 4.70. The Kier molecular flexibility index (Phi) is 4.87. The van der Waals surface area contributed by atoms with Crippen LogP contribution in [0.2, 0.25) is 0 Å². The normalized spacial score (nSPS) is 14.9. The molecule has 0 spiro atoms. The summed E-state index contributed by atoms with van der Waals surface area (Å²) in [6, 6.07) is 8.88. The van der Waals surface area contributed by atoms with Crippen molar-refractivity contribution in [2.75, 3.05) is 0 Å². The monoisotopic (exact) mass is 204 g/mol. The molecule has 0 aliphatic carbocycles. The molecule has 0 amide bonds. The molecular formula is C15H24. The lowest BCUT2D eigenvalue weighted by Crippen LogP contribution is -2.03. The van der Waals surface area contributed by atoms with Crippen molar-refractivity contribution in [3.8, 4) is 0 Å². The van der Waals surface area contributed by atoms with Gasteiger partial charge in [0.1, 0.15) is 0 Å². The van der Waals surface area contributed by atoms with Crippen LogP contribution in [-0.4, -0.2) is 0 Å². The molecule has 15 heavy (non-hydrogen) atoms. The zero-order chi connectivity index (χ0) is 11.3. The van der Waals surface area contributed by atoms with Crippen molar-refractivity contribution in [3.63, 3.8) is 0 Å². The van der Waals surface area contributed by atoms with Crippen LogP contribution in [-0.2, 0) is 6.42 Å². The van der Waals surface area contributed by atoms with Gasteiger partial charge < -0.3 is 0 Å². The summed E-state index contributed by atoms with van der Waals surface area (Å²) < 4.78 is 0. The summed E-state index contributed by atoms with van der Waals surface area (Å²) in [6.07, 6.45) is 3.76. The summed E-state index contributed by atoms with van der Waals surface area (Å²) in [5.74, 6) is 1.54. The van der Waals surface area contributed by atoms with Gasteiger partial charge in [-0.15, -0.1) is 0 Å². The quantitative estimate of drug-likeness (QED) is 0.647. The first kappa shape index (κ1) is 12.3. The highest BCUT2D eigenvalue weighted by atomic mass is 14.2. The molecule has 0 radical (unpaired) electrons. The largest absolute Gasteiger partial charge is 0.0651 e. The lowest BCUT2D eigenvalue weighted by molar-refractivity contribution is 0.470. The van der Waals surface area contributed by atoms with E-state index in [0.29, 0.717) is 5.92 Å². The van der Waals surface area contributed by atoms with Crippen LogP contribution in [0.15, 0.2) is 24.3 Å². The molecule has 0 aromatic heterocycles. The molecule has 2 unspecified atom stereocenters. The van der Waals surface area contributed by atoms with E-state index in [0.717, 1.165) is 12.3 Å². The summed E-state index contributed by atoms with van der Waals surface area (Å²) >= 11 is 0. The molecule has 0 saturated heterocycles. The Morgan fingerprint density at radius 2 is 1.73 bits per heavy atom. The topological polar surface area (TPSA) is 0 Å². The third kappa shape index (κ3) is 3.37. The highest BCUT2D eigenvalue weighted by molar-refractivity contribution is 5.29. The van der Waals surface area contributed by atoms with E-state index < -0.39 is 0 Å². The zero-order valence-corrected chi connectivity index (χ0v) is 10.6. The Labute approximate surface area is 94.7 Å². The highest BCUT2D eigenvalue weighted by Crippen LogP contribution is 2.27. The fraction of sp³-hybridized carbons (Fsp3) is 0.600. The first-order valence-electron chi connectivity index (χ1n) is 6.26. The molecule has 0 bridgehead atoms. The van der Waals surface area contributed by atoms with Crippen molar-refractivity contribution in [3.05, 3.63) is 35.4 Å². The van der Waals surface area contributed by atoms with Crippen LogP contribution in [0, 0.1) is 5.92 Å². The molecular weight excluding hydrogens is 180 g/mol. The molecule has 0 aliphatic rings. The average Bonchev–Trinajstić information content (AvgIpc) is 2.28. The van der Waals surface area contributed by atoms with E-state index in [-0.39, 0.29) is 0 Å². The van der Waals surface area contributed by atoms with E-state index in [2.05, 4.69) is 52.0 Å². The van der Waals surface area contributed by atoms with Crippen LogP contribution in [0.1, 0.15) is 57.6 Å². The second-order valence-corrected chi connectivity index (χ2v) is 4.70. The summed E-state index contributed by atoms with van der Waals surface area (Å²) in [5.41, 5.74) is 3.08. The zero-order valence-electron chi connectivity index (χ0n) is 10.6. The van der Waals surface area contributed by atoms with Crippen LogP contribution in [0.3, 0.4) is 0 Å². The molecule has 1 aromatic carbocycles. The smallest absolute Gasteiger partial charge is 0.0185 e. The van der Waals surface area contributed by atoms with Gasteiger partial charge in [0, 0.05) is 0 Å². The average molecular weight is 204 g/mol. The van der Waals surface area contributed by atoms with Gasteiger partial charge in [0.2, 0.25) is 0 Å². The van der Waals surface area contributed by atoms with Crippen molar-refractivity contribution in [2.45, 2.75) is 52.9 Å². The van der Waals surface area contributed by atoms with Gasteiger partial charge in [-0.2, -0.15) is 0 Å². The third-order valence-electron chi connectivity index (χ3n) is 3.42. The maximum Gasteiger partial charge on any atom is -0.0185 e. The molecule has 1 aromatic rings. The van der Waals surface area contributed by atoms with Crippen molar-refractivity contribution in [1.82, 2.24) is 0 Å². The number of aryl methyl sites for hydroxylation is 1. The summed E-state index contributed by atoms with van der Waals surface area (Å²) in [5, 5.41) is 0. The highest BCUT2D eigenvalue weighted by Gasteiger charge is 2.11. The maximum absolute atomic E-state index is 2.36. The third-order valence-corrected chi connectivity index (χ3v) is 3.42. The van der Waals surface area contributed by atoms with Crippen LogP contribution in [0.25, 0.3) is 0 Å². The minimum Gasteiger partial charge on any atom is -0.0651 e. The molecule has 0 nitrogen and oxygen atoms in total. The molecule has 0 heterocycles. The summed E-state index contributed by atoms with van der Waals surface area (Å²) in [7, 11) is 0. The van der Waals surface area contributed by atoms with E-state index in [9.17, 15) is 0 Å². The molecule has 0 aliphatic heterocycles. The predicted molar refractivity (Wildman–Crippen MR) is 68.3 cm³/mol. The molecule has 0 saturated carbocycles. The van der Waals surface area contributed by atoms with Gasteiger partial charge in [0.05, 0.1) is 0 Å². The van der Waals surface area contributed by atoms with Gasteiger partial charge in [0.15, 0.2) is 0 Å².